The molecule has 0 saturated carbocycles. The highest BCUT2D eigenvalue weighted by Crippen LogP contribution is 2.36. The fourth-order valence-corrected chi connectivity index (χ4v) is 8.23. The van der Waals surface area contributed by atoms with Gasteiger partial charge in [0.15, 0.2) is 5.16 Å². The Kier molecular flexibility index (Phi) is 8.59. The number of nitrogens with zero attached hydrogens (tertiary/aromatic N) is 3. The van der Waals surface area contributed by atoms with Crippen molar-refractivity contribution in [1.29, 1.82) is 0 Å². The first-order valence-corrected chi connectivity index (χ1v) is 15.7. The number of ether oxygens (including phenoxy) is 1. The van der Waals surface area contributed by atoms with Crippen LogP contribution >= 0.6 is 68.3 Å². The number of phenols is 1. The third kappa shape index (κ3) is 5.72. The summed E-state index contributed by atoms with van der Waals surface area (Å²) in [6.45, 7) is 2.47. The zero-order valence-corrected chi connectivity index (χ0v) is 26.1. The second kappa shape index (κ2) is 11.9. The number of halogens is 2. The van der Waals surface area contributed by atoms with Gasteiger partial charge in [0.1, 0.15) is 16.3 Å². The zero-order valence-electron chi connectivity index (χ0n) is 20.2. The first-order valence-electron chi connectivity index (χ1n) is 11.8. The maximum Gasteiger partial charge on any atom is 0.267 e. The fourth-order valence-electron chi connectivity index (χ4n) is 4.23. The second-order valence-corrected chi connectivity index (χ2v) is 12.8. The van der Waals surface area contributed by atoms with Gasteiger partial charge >= 0.3 is 0 Å². The molecule has 196 valence electrons. The number of fused-ring (bicyclic) bond motifs is 3. The van der Waals surface area contributed by atoms with Crippen molar-refractivity contribution < 1.29 is 14.6 Å². The van der Waals surface area contributed by atoms with E-state index >= 15 is 0 Å². The highest BCUT2D eigenvalue weighted by Gasteiger charge is 2.24. The average Bonchev–Trinajstić information content (AvgIpc) is 3.48. The number of hydrogen-bond acceptors (Lipinski definition) is 8. The van der Waals surface area contributed by atoms with Gasteiger partial charge in [0.25, 0.3) is 11.5 Å². The summed E-state index contributed by atoms with van der Waals surface area (Å²) in [6.07, 6.45) is 4.32. The van der Waals surface area contributed by atoms with Crippen LogP contribution in [0.25, 0.3) is 15.9 Å². The standard InChI is InChI=1S/C26H22I2N4O4S2/c1-2-36-17-8-6-16(7-9-17)32-25(35)22-18-4-3-5-20(18)38-24(22)30-26(32)37-13-21(33)31-29-12-14-10-15(27)11-19(28)23(14)34/h6-12,34H,2-5,13H2,1H3,(H,31,33). The summed E-state index contributed by atoms with van der Waals surface area (Å²) in [6, 6.07) is 10.9. The van der Waals surface area contributed by atoms with E-state index in [1.54, 1.807) is 22.0 Å². The number of aryl methyl sites for hydroxylation is 2. The van der Waals surface area contributed by atoms with Gasteiger partial charge in [0.2, 0.25) is 0 Å². The number of rotatable bonds is 8. The lowest BCUT2D eigenvalue weighted by Gasteiger charge is -2.13. The summed E-state index contributed by atoms with van der Waals surface area (Å²) in [5, 5.41) is 15.3. The van der Waals surface area contributed by atoms with E-state index in [9.17, 15) is 14.7 Å². The van der Waals surface area contributed by atoms with E-state index in [1.807, 2.05) is 59.8 Å². The molecule has 1 amide bonds. The highest BCUT2D eigenvalue weighted by molar-refractivity contribution is 14.1. The lowest BCUT2D eigenvalue weighted by Crippen LogP contribution is -2.24. The zero-order chi connectivity index (χ0) is 26.8. The number of thioether (sulfide) groups is 1. The number of hydrazone groups is 1. The molecule has 0 fully saturated rings. The Morgan fingerprint density at radius 3 is 2.84 bits per heavy atom. The molecule has 38 heavy (non-hydrogen) atoms. The van der Waals surface area contributed by atoms with E-state index in [2.05, 4.69) is 33.1 Å². The summed E-state index contributed by atoms with van der Waals surface area (Å²) >= 11 is 6.95. The van der Waals surface area contributed by atoms with Crippen LogP contribution in [0.2, 0.25) is 0 Å². The van der Waals surface area contributed by atoms with Gasteiger partial charge in [-0.3, -0.25) is 14.2 Å². The maximum absolute atomic E-state index is 13.8. The molecule has 12 heteroatoms. The van der Waals surface area contributed by atoms with E-state index in [1.165, 1.54) is 22.9 Å². The Morgan fingerprint density at radius 2 is 2.08 bits per heavy atom. The van der Waals surface area contributed by atoms with Crippen molar-refractivity contribution in [2.75, 3.05) is 12.4 Å². The number of carbonyl (C=O) groups is 1. The van der Waals surface area contributed by atoms with Gasteiger partial charge < -0.3 is 9.84 Å². The molecule has 0 spiro atoms. The van der Waals surface area contributed by atoms with Crippen LogP contribution in [0.4, 0.5) is 0 Å². The third-order valence-corrected chi connectivity index (χ3v) is 9.47. The summed E-state index contributed by atoms with van der Waals surface area (Å²) in [5.41, 5.74) is 4.66. The molecule has 5 rings (SSSR count). The summed E-state index contributed by atoms with van der Waals surface area (Å²) in [4.78, 5) is 33.2. The molecule has 0 bridgehead atoms. The molecular formula is C26H22I2N4O4S2. The predicted octanol–water partition coefficient (Wildman–Crippen LogP) is 5.49. The molecule has 0 radical (unpaired) electrons. The smallest absolute Gasteiger partial charge is 0.267 e. The summed E-state index contributed by atoms with van der Waals surface area (Å²) in [7, 11) is 0. The van der Waals surface area contributed by atoms with Crippen molar-refractivity contribution in [2.45, 2.75) is 31.3 Å². The van der Waals surface area contributed by atoms with Gasteiger partial charge in [0, 0.05) is 14.0 Å². The average molecular weight is 772 g/mol. The van der Waals surface area contributed by atoms with E-state index < -0.39 is 0 Å². The Hall–Kier alpha value is -2.17. The van der Waals surface area contributed by atoms with Crippen molar-refractivity contribution in [1.82, 2.24) is 15.0 Å². The van der Waals surface area contributed by atoms with Gasteiger partial charge in [-0.05, 0) is 113 Å². The van der Waals surface area contributed by atoms with Crippen LogP contribution in [-0.2, 0) is 17.6 Å². The number of aromatic hydroxyl groups is 1. The van der Waals surface area contributed by atoms with E-state index in [0.29, 0.717) is 36.8 Å². The minimum Gasteiger partial charge on any atom is -0.506 e. The van der Waals surface area contributed by atoms with Crippen molar-refractivity contribution in [3.63, 3.8) is 0 Å². The van der Waals surface area contributed by atoms with Gasteiger partial charge in [-0.25, -0.2) is 10.4 Å². The number of amides is 1. The lowest BCUT2D eigenvalue weighted by atomic mass is 10.2. The first kappa shape index (κ1) is 27.4. The van der Waals surface area contributed by atoms with Crippen LogP contribution in [-0.4, -0.2) is 39.1 Å². The van der Waals surface area contributed by atoms with Crippen LogP contribution in [0.5, 0.6) is 11.5 Å². The third-order valence-electron chi connectivity index (χ3n) is 5.90. The molecule has 8 nitrogen and oxygen atoms in total. The molecule has 4 aromatic rings. The Morgan fingerprint density at radius 1 is 1.29 bits per heavy atom. The van der Waals surface area contributed by atoms with Gasteiger partial charge in [-0.2, -0.15) is 5.10 Å². The monoisotopic (exact) mass is 772 g/mol. The molecule has 1 aliphatic rings. The van der Waals surface area contributed by atoms with Gasteiger partial charge in [0.05, 0.1) is 33.2 Å². The van der Waals surface area contributed by atoms with Crippen LogP contribution in [0.3, 0.4) is 0 Å². The molecule has 2 aromatic heterocycles. The quantitative estimate of drug-likeness (QED) is 0.0808. The lowest BCUT2D eigenvalue weighted by molar-refractivity contribution is -0.118. The predicted molar refractivity (Wildman–Crippen MR) is 168 cm³/mol. The van der Waals surface area contributed by atoms with Gasteiger partial charge in [-0.1, -0.05) is 11.8 Å². The number of phenolic OH excluding ortho intramolecular Hbond substituents is 1. The number of aromatic nitrogens is 2. The molecule has 2 heterocycles. The fraction of sp³-hybridized carbons (Fsp3) is 0.231. The molecule has 0 saturated heterocycles. The summed E-state index contributed by atoms with van der Waals surface area (Å²) < 4.78 is 8.78. The minimum absolute atomic E-state index is 0.00719. The van der Waals surface area contributed by atoms with Crippen LogP contribution in [0.1, 0.15) is 29.3 Å². The van der Waals surface area contributed by atoms with Crippen molar-refractivity contribution >= 4 is 90.6 Å². The summed E-state index contributed by atoms with van der Waals surface area (Å²) in [5.74, 6) is 0.480. The molecule has 0 atom stereocenters. The topological polar surface area (TPSA) is 106 Å². The van der Waals surface area contributed by atoms with Crippen LogP contribution < -0.4 is 15.7 Å². The molecule has 0 unspecified atom stereocenters. The number of benzene rings is 2. The molecule has 1 aliphatic carbocycles. The minimum atomic E-state index is -0.354. The van der Waals surface area contributed by atoms with E-state index in [4.69, 9.17) is 9.72 Å². The van der Waals surface area contributed by atoms with Crippen molar-refractivity contribution in [3.8, 4) is 17.2 Å². The number of nitrogens with one attached hydrogen (secondary N) is 1. The van der Waals surface area contributed by atoms with Gasteiger partial charge in [-0.15, -0.1) is 11.3 Å². The highest BCUT2D eigenvalue weighted by atomic mass is 127. The number of thiophene rings is 1. The van der Waals surface area contributed by atoms with Crippen molar-refractivity contribution in [3.05, 3.63) is 69.9 Å². The SMILES string of the molecule is CCOc1ccc(-n2c(SCC(=O)NN=Cc3cc(I)cc(I)c3O)nc3sc4c(c3c2=O)CCC4)cc1. The molecular weight excluding hydrogens is 750 g/mol. The van der Waals surface area contributed by atoms with Crippen LogP contribution in [0.15, 0.2) is 51.5 Å². The Bertz CT molecular complexity index is 1620. The molecule has 2 N–H and O–H groups in total. The first-order chi connectivity index (χ1) is 18.4. The number of carbonyl (C=O) groups excluding carboxylic acids is 1. The van der Waals surface area contributed by atoms with Crippen molar-refractivity contribution in [2.24, 2.45) is 5.10 Å². The Balaban J connectivity index is 1.41. The second-order valence-electron chi connectivity index (χ2n) is 8.41. The normalized spacial score (nSPS) is 12.8. The van der Waals surface area contributed by atoms with E-state index in [-0.39, 0.29) is 23.0 Å². The largest absolute Gasteiger partial charge is 0.506 e. The molecule has 0 aliphatic heterocycles. The Labute approximate surface area is 254 Å². The maximum atomic E-state index is 13.8. The van der Waals surface area contributed by atoms with Crippen LogP contribution in [0, 0.1) is 7.14 Å². The van der Waals surface area contributed by atoms with E-state index in [0.717, 1.165) is 34.1 Å². The number of hydrogen-bond donors (Lipinski definition) is 2. The molecule has 2 aromatic carbocycles.